The number of nitrogens with zero attached hydrogens (tertiary/aromatic N) is 1. The third-order valence-electron chi connectivity index (χ3n) is 2.18. The van der Waals surface area contributed by atoms with Crippen LogP contribution < -0.4 is 5.73 Å². The van der Waals surface area contributed by atoms with Gasteiger partial charge < -0.3 is 16.0 Å². The summed E-state index contributed by atoms with van der Waals surface area (Å²) in [6.45, 7) is 2.10. The zero-order valence-electron chi connectivity index (χ0n) is 9.13. The van der Waals surface area contributed by atoms with Gasteiger partial charge in [0.1, 0.15) is 0 Å². The van der Waals surface area contributed by atoms with E-state index < -0.39 is 0 Å². The summed E-state index contributed by atoms with van der Waals surface area (Å²) in [6.07, 6.45) is 0. The number of thioether (sulfide) groups is 1. The largest absolute Gasteiger partial charge is 0.409 e. The number of nitrogens with two attached hydrogens (primary N) is 1. The van der Waals surface area contributed by atoms with Crippen molar-refractivity contribution >= 4 is 17.6 Å². The van der Waals surface area contributed by atoms with Crippen LogP contribution in [0.15, 0.2) is 29.4 Å². The Morgan fingerprint density at radius 2 is 2.19 bits per heavy atom. The predicted octanol–water partition coefficient (Wildman–Crippen LogP) is 1.40. The van der Waals surface area contributed by atoms with E-state index in [1.54, 1.807) is 11.8 Å². The molecule has 0 amide bonds. The highest BCUT2D eigenvalue weighted by Crippen LogP contribution is 2.20. The van der Waals surface area contributed by atoms with E-state index in [1.807, 2.05) is 31.2 Å². The summed E-state index contributed by atoms with van der Waals surface area (Å²) in [5, 5.41) is 20.8. The molecule has 88 valence electrons. The number of hydrogen-bond acceptors (Lipinski definition) is 4. The molecule has 0 spiro atoms. The Morgan fingerprint density at radius 3 is 2.81 bits per heavy atom. The second-order valence-electron chi connectivity index (χ2n) is 3.45. The molecule has 0 saturated carbocycles. The van der Waals surface area contributed by atoms with Crippen LogP contribution >= 0.6 is 11.8 Å². The van der Waals surface area contributed by atoms with Crippen LogP contribution in [0.1, 0.15) is 18.1 Å². The molecular formula is C11H16N2O2S. The molecule has 1 unspecified atom stereocenters. The van der Waals surface area contributed by atoms with Crippen molar-refractivity contribution in [2.75, 3.05) is 6.61 Å². The molecule has 16 heavy (non-hydrogen) atoms. The summed E-state index contributed by atoms with van der Waals surface area (Å²) in [4.78, 5) is 0. The Kier molecular flexibility index (Phi) is 5.14. The van der Waals surface area contributed by atoms with Crippen molar-refractivity contribution in [1.82, 2.24) is 0 Å². The molecular weight excluding hydrogens is 224 g/mol. The van der Waals surface area contributed by atoms with Crippen LogP contribution in [0.2, 0.25) is 0 Å². The lowest BCUT2D eigenvalue weighted by Gasteiger charge is -2.10. The minimum absolute atomic E-state index is 0.118. The molecule has 0 bridgehead atoms. The summed E-state index contributed by atoms with van der Waals surface area (Å²) in [6, 6.07) is 7.50. The highest BCUT2D eigenvalue weighted by molar-refractivity contribution is 7.99. The predicted molar refractivity (Wildman–Crippen MR) is 66.8 cm³/mol. The van der Waals surface area contributed by atoms with Crippen LogP contribution in [0.4, 0.5) is 0 Å². The Morgan fingerprint density at radius 1 is 1.50 bits per heavy atom. The monoisotopic (exact) mass is 240 g/mol. The summed E-state index contributed by atoms with van der Waals surface area (Å²) >= 11 is 1.63. The van der Waals surface area contributed by atoms with Crippen LogP contribution in [0, 0.1) is 0 Å². The third-order valence-corrected chi connectivity index (χ3v) is 3.38. The van der Waals surface area contributed by atoms with Gasteiger partial charge in [0.2, 0.25) is 0 Å². The second kappa shape index (κ2) is 6.40. The zero-order valence-corrected chi connectivity index (χ0v) is 9.94. The molecule has 0 saturated heterocycles. The van der Waals surface area contributed by atoms with Crippen LogP contribution in [0.25, 0.3) is 0 Å². The Balaban J connectivity index is 2.79. The first kappa shape index (κ1) is 12.9. The maximum Gasteiger partial charge on any atom is 0.170 e. The number of benzene rings is 1. The van der Waals surface area contributed by atoms with E-state index in [4.69, 9.17) is 16.0 Å². The van der Waals surface area contributed by atoms with Gasteiger partial charge in [0, 0.05) is 16.6 Å². The van der Waals surface area contributed by atoms with Crippen LogP contribution in [0.3, 0.4) is 0 Å². The van der Waals surface area contributed by atoms with Gasteiger partial charge >= 0.3 is 0 Å². The molecule has 0 aliphatic rings. The molecule has 0 radical (unpaired) electrons. The first-order valence-corrected chi connectivity index (χ1v) is 6.02. The first-order chi connectivity index (χ1) is 7.69. The summed E-state index contributed by atoms with van der Waals surface area (Å²) in [7, 11) is 0. The smallest absolute Gasteiger partial charge is 0.170 e. The minimum Gasteiger partial charge on any atom is -0.409 e. The average molecular weight is 240 g/mol. The molecule has 5 heteroatoms. The standard InChI is InChI=1S/C11H16N2O2S/c1-8(6-14)16-7-9-4-2-3-5-10(9)11(12)13-15/h2-5,8,14-15H,6-7H2,1H3,(H2,12,13). The molecule has 1 rings (SSSR count). The van der Waals surface area contributed by atoms with Crippen LogP contribution in [0.5, 0.6) is 0 Å². The molecule has 4 N–H and O–H groups in total. The van der Waals surface area contributed by atoms with E-state index >= 15 is 0 Å². The molecule has 0 aromatic heterocycles. The van der Waals surface area contributed by atoms with Gasteiger partial charge in [0.05, 0.1) is 6.61 Å². The third kappa shape index (κ3) is 3.43. The van der Waals surface area contributed by atoms with Gasteiger partial charge in [0.15, 0.2) is 5.84 Å². The van der Waals surface area contributed by atoms with Crippen LogP contribution in [-0.2, 0) is 5.75 Å². The Hall–Kier alpha value is -1.20. The van der Waals surface area contributed by atoms with E-state index in [1.165, 1.54) is 0 Å². The number of aliphatic hydroxyl groups is 1. The average Bonchev–Trinajstić information content (AvgIpc) is 2.35. The van der Waals surface area contributed by atoms with Gasteiger partial charge in [-0.3, -0.25) is 0 Å². The van der Waals surface area contributed by atoms with Gasteiger partial charge in [-0.25, -0.2) is 0 Å². The van der Waals surface area contributed by atoms with E-state index in [0.717, 1.165) is 16.9 Å². The van der Waals surface area contributed by atoms with Crippen molar-refractivity contribution in [2.24, 2.45) is 10.9 Å². The Bertz CT molecular complexity index is 369. The van der Waals surface area contributed by atoms with Crippen molar-refractivity contribution in [3.63, 3.8) is 0 Å². The summed E-state index contributed by atoms with van der Waals surface area (Å²) in [5.41, 5.74) is 7.32. The quantitative estimate of drug-likeness (QED) is 0.314. The van der Waals surface area contributed by atoms with Crippen molar-refractivity contribution in [3.05, 3.63) is 35.4 Å². The highest BCUT2D eigenvalue weighted by atomic mass is 32.2. The van der Waals surface area contributed by atoms with Gasteiger partial charge in [-0.2, -0.15) is 11.8 Å². The number of aliphatic hydroxyl groups excluding tert-OH is 1. The van der Waals surface area contributed by atoms with Gasteiger partial charge in [-0.05, 0) is 5.56 Å². The first-order valence-electron chi connectivity index (χ1n) is 4.97. The Labute approximate surface area is 99.2 Å². The minimum atomic E-state index is 0.118. The van der Waals surface area contributed by atoms with Crippen molar-refractivity contribution < 1.29 is 10.3 Å². The summed E-state index contributed by atoms with van der Waals surface area (Å²) in [5.74, 6) is 0.849. The van der Waals surface area contributed by atoms with E-state index in [-0.39, 0.29) is 17.7 Å². The zero-order chi connectivity index (χ0) is 12.0. The molecule has 1 aromatic carbocycles. The number of amidine groups is 1. The van der Waals surface area contributed by atoms with Crippen molar-refractivity contribution in [1.29, 1.82) is 0 Å². The van der Waals surface area contributed by atoms with Crippen molar-refractivity contribution in [2.45, 2.75) is 17.9 Å². The fraction of sp³-hybridized carbons (Fsp3) is 0.364. The molecule has 0 heterocycles. The lowest BCUT2D eigenvalue weighted by molar-refractivity contribution is 0.300. The summed E-state index contributed by atoms with van der Waals surface area (Å²) < 4.78 is 0. The SMILES string of the molecule is CC(CO)SCc1ccccc1/C(N)=N/O. The second-order valence-corrected chi connectivity index (χ2v) is 4.87. The molecule has 1 atom stereocenters. The molecule has 4 nitrogen and oxygen atoms in total. The molecule has 1 aromatic rings. The van der Waals surface area contributed by atoms with Gasteiger partial charge in [-0.15, -0.1) is 0 Å². The maximum atomic E-state index is 8.93. The highest BCUT2D eigenvalue weighted by Gasteiger charge is 2.08. The number of rotatable bonds is 5. The molecule has 0 aliphatic carbocycles. The van der Waals surface area contributed by atoms with E-state index in [0.29, 0.717) is 0 Å². The lowest BCUT2D eigenvalue weighted by Crippen LogP contribution is -2.15. The van der Waals surface area contributed by atoms with Gasteiger partial charge in [0.25, 0.3) is 0 Å². The topological polar surface area (TPSA) is 78.8 Å². The normalized spacial score (nSPS) is 13.8. The van der Waals surface area contributed by atoms with Crippen molar-refractivity contribution in [3.8, 4) is 0 Å². The fourth-order valence-corrected chi connectivity index (χ4v) is 2.06. The lowest BCUT2D eigenvalue weighted by atomic mass is 10.1. The fourth-order valence-electron chi connectivity index (χ4n) is 1.23. The number of hydrogen-bond donors (Lipinski definition) is 3. The van der Waals surface area contributed by atoms with Gasteiger partial charge in [-0.1, -0.05) is 36.3 Å². The maximum absolute atomic E-state index is 8.93. The molecule has 0 aliphatic heterocycles. The number of oxime groups is 1. The van der Waals surface area contributed by atoms with Crippen LogP contribution in [-0.4, -0.2) is 28.0 Å². The van der Waals surface area contributed by atoms with E-state index in [9.17, 15) is 0 Å². The van der Waals surface area contributed by atoms with E-state index in [2.05, 4.69) is 5.16 Å². The molecule has 0 fully saturated rings.